The summed E-state index contributed by atoms with van der Waals surface area (Å²) in [4.78, 5) is 13.4. The van der Waals surface area contributed by atoms with Crippen LogP contribution in [0.15, 0.2) is 0 Å². The van der Waals surface area contributed by atoms with Crippen LogP contribution in [0.1, 0.15) is 19.8 Å². The first-order valence-corrected chi connectivity index (χ1v) is 5.52. The van der Waals surface area contributed by atoms with Crippen molar-refractivity contribution in [3.05, 3.63) is 0 Å². The van der Waals surface area contributed by atoms with Crippen LogP contribution in [0.3, 0.4) is 0 Å². The Morgan fingerprint density at radius 2 is 2.46 bits per heavy atom. The fourth-order valence-corrected chi connectivity index (χ4v) is 1.94. The second kappa shape index (κ2) is 5.50. The molecule has 1 amide bonds. The van der Waals surface area contributed by atoms with E-state index in [0.717, 1.165) is 13.1 Å². The third-order valence-corrected chi connectivity index (χ3v) is 2.87. The van der Waals surface area contributed by atoms with Crippen molar-refractivity contribution in [2.45, 2.75) is 25.8 Å². The van der Waals surface area contributed by atoms with Crippen LogP contribution in [0.4, 0.5) is 0 Å². The first-order valence-electron chi connectivity index (χ1n) is 4.89. The van der Waals surface area contributed by atoms with Gasteiger partial charge in [0, 0.05) is 12.6 Å². The maximum absolute atomic E-state index is 11.0. The van der Waals surface area contributed by atoms with E-state index in [2.05, 4.69) is 29.8 Å². The summed E-state index contributed by atoms with van der Waals surface area (Å²) < 4.78 is 0. The Kier molecular flexibility index (Phi) is 4.59. The van der Waals surface area contributed by atoms with E-state index in [1.165, 1.54) is 19.4 Å². The molecule has 4 heteroatoms. The highest BCUT2D eigenvalue weighted by Gasteiger charge is 2.22. The molecular weight excluding hydrogens is 184 g/mol. The highest BCUT2D eigenvalue weighted by molar-refractivity contribution is 7.81. The molecule has 0 aromatic rings. The van der Waals surface area contributed by atoms with E-state index in [4.69, 9.17) is 0 Å². The summed E-state index contributed by atoms with van der Waals surface area (Å²) in [6.45, 7) is 5.21. The normalized spacial score (nSPS) is 23.4. The number of nitrogens with zero attached hydrogens (tertiary/aromatic N) is 1. The number of likely N-dealkylation sites (N-methyl/N-ethyl adjacent to an activating group) is 1. The van der Waals surface area contributed by atoms with E-state index in [1.807, 2.05) is 0 Å². The molecule has 13 heavy (non-hydrogen) atoms. The van der Waals surface area contributed by atoms with Gasteiger partial charge in [0.15, 0.2) is 0 Å². The van der Waals surface area contributed by atoms with Gasteiger partial charge in [0.1, 0.15) is 0 Å². The van der Waals surface area contributed by atoms with Crippen molar-refractivity contribution < 1.29 is 4.79 Å². The van der Waals surface area contributed by atoms with Crippen LogP contribution in [-0.4, -0.2) is 42.2 Å². The number of carbonyl (C=O) groups excluding carboxylic acids is 1. The van der Waals surface area contributed by atoms with Gasteiger partial charge in [0.2, 0.25) is 5.91 Å². The van der Waals surface area contributed by atoms with Gasteiger partial charge < -0.3 is 5.32 Å². The summed E-state index contributed by atoms with van der Waals surface area (Å²) in [5.74, 6) is 0.324. The number of likely N-dealkylation sites (tertiary alicyclic amines) is 1. The zero-order valence-electron chi connectivity index (χ0n) is 8.12. The molecule has 0 bridgehead atoms. The fourth-order valence-electron chi connectivity index (χ4n) is 1.83. The van der Waals surface area contributed by atoms with E-state index in [0.29, 0.717) is 11.8 Å². The number of nitrogens with one attached hydrogen (secondary N) is 1. The number of thiol groups is 1. The smallest absolute Gasteiger partial charge is 0.229 e. The van der Waals surface area contributed by atoms with Gasteiger partial charge in [0.05, 0.1) is 5.75 Å². The average molecular weight is 202 g/mol. The number of hydrogen-bond donors (Lipinski definition) is 2. The second-order valence-electron chi connectivity index (χ2n) is 3.39. The van der Waals surface area contributed by atoms with Crippen LogP contribution >= 0.6 is 12.6 Å². The van der Waals surface area contributed by atoms with Gasteiger partial charge >= 0.3 is 0 Å². The molecule has 1 fully saturated rings. The first-order chi connectivity index (χ1) is 6.27. The molecule has 0 aliphatic carbocycles. The lowest BCUT2D eigenvalue weighted by atomic mass is 10.2. The van der Waals surface area contributed by atoms with Gasteiger partial charge in [-0.1, -0.05) is 6.92 Å². The maximum atomic E-state index is 11.0. The predicted octanol–water partition coefficient (Wildman–Crippen LogP) is 0.517. The molecule has 1 N–H and O–H groups in total. The average Bonchev–Trinajstić information content (AvgIpc) is 2.61. The summed E-state index contributed by atoms with van der Waals surface area (Å²) >= 11 is 3.91. The molecule has 1 atom stereocenters. The van der Waals surface area contributed by atoms with Gasteiger partial charge in [0.25, 0.3) is 0 Å². The molecule has 0 spiro atoms. The second-order valence-corrected chi connectivity index (χ2v) is 3.70. The fraction of sp³-hybridized carbons (Fsp3) is 0.889. The Labute approximate surface area is 85.3 Å². The highest BCUT2D eigenvalue weighted by atomic mass is 32.1. The zero-order valence-corrected chi connectivity index (χ0v) is 9.02. The third kappa shape index (κ3) is 3.19. The van der Waals surface area contributed by atoms with Gasteiger partial charge in [-0.2, -0.15) is 12.6 Å². The molecule has 0 aromatic carbocycles. The summed E-state index contributed by atoms with van der Waals surface area (Å²) in [6.07, 6.45) is 2.47. The number of rotatable bonds is 4. The van der Waals surface area contributed by atoms with E-state index < -0.39 is 0 Å². The zero-order chi connectivity index (χ0) is 9.68. The Hall–Kier alpha value is -0.220. The number of hydrogen-bond acceptors (Lipinski definition) is 3. The molecule has 1 aliphatic rings. The number of carbonyl (C=O) groups is 1. The lowest BCUT2D eigenvalue weighted by molar-refractivity contribution is -0.118. The van der Waals surface area contributed by atoms with Crippen LogP contribution in [-0.2, 0) is 4.79 Å². The maximum Gasteiger partial charge on any atom is 0.229 e. The van der Waals surface area contributed by atoms with Crippen molar-refractivity contribution in [3.63, 3.8) is 0 Å². The molecule has 1 unspecified atom stereocenters. The minimum absolute atomic E-state index is 0.0336. The summed E-state index contributed by atoms with van der Waals surface area (Å²) in [7, 11) is 0. The van der Waals surface area contributed by atoms with Crippen molar-refractivity contribution >= 4 is 18.5 Å². The van der Waals surface area contributed by atoms with E-state index in [1.54, 1.807) is 0 Å². The van der Waals surface area contributed by atoms with E-state index in [-0.39, 0.29) is 5.91 Å². The molecule has 0 saturated carbocycles. The van der Waals surface area contributed by atoms with E-state index in [9.17, 15) is 4.79 Å². The van der Waals surface area contributed by atoms with Gasteiger partial charge in [-0.05, 0) is 25.9 Å². The van der Waals surface area contributed by atoms with Crippen molar-refractivity contribution in [2.75, 3.05) is 25.4 Å². The largest absolute Gasteiger partial charge is 0.354 e. The third-order valence-electron chi connectivity index (χ3n) is 2.58. The van der Waals surface area contributed by atoms with Crippen LogP contribution in [0.25, 0.3) is 0 Å². The Morgan fingerprint density at radius 3 is 3.08 bits per heavy atom. The Bertz CT molecular complexity index is 175. The van der Waals surface area contributed by atoms with Crippen LogP contribution in [0.2, 0.25) is 0 Å². The van der Waals surface area contributed by atoms with Crippen LogP contribution in [0, 0.1) is 0 Å². The van der Waals surface area contributed by atoms with Gasteiger partial charge in [-0.15, -0.1) is 0 Å². The molecule has 0 aromatic heterocycles. The van der Waals surface area contributed by atoms with Crippen molar-refractivity contribution in [3.8, 4) is 0 Å². The summed E-state index contributed by atoms with van der Waals surface area (Å²) in [5.41, 5.74) is 0. The minimum atomic E-state index is 0.0336. The minimum Gasteiger partial charge on any atom is -0.354 e. The predicted molar refractivity (Wildman–Crippen MR) is 57.1 cm³/mol. The van der Waals surface area contributed by atoms with Crippen molar-refractivity contribution in [1.82, 2.24) is 10.2 Å². The quantitative estimate of drug-likeness (QED) is 0.651. The first kappa shape index (κ1) is 10.9. The lowest BCUT2D eigenvalue weighted by Crippen LogP contribution is -2.40. The topological polar surface area (TPSA) is 32.3 Å². The lowest BCUT2D eigenvalue weighted by Gasteiger charge is -2.22. The van der Waals surface area contributed by atoms with Gasteiger partial charge in [-0.25, -0.2) is 0 Å². The van der Waals surface area contributed by atoms with E-state index >= 15 is 0 Å². The molecular formula is C9H18N2OS. The molecule has 76 valence electrons. The summed E-state index contributed by atoms with van der Waals surface area (Å²) in [5, 5.41) is 2.88. The van der Waals surface area contributed by atoms with Crippen molar-refractivity contribution in [1.29, 1.82) is 0 Å². The molecule has 1 heterocycles. The van der Waals surface area contributed by atoms with Gasteiger partial charge in [-0.3, -0.25) is 9.69 Å². The molecule has 1 rings (SSSR count). The molecule has 1 aliphatic heterocycles. The number of amides is 1. The monoisotopic (exact) mass is 202 g/mol. The highest BCUT2D eigenvalue weighted by Crippen LogP contribution is 2.15. The van der Waals surface area contributed by atoms with Crippen LogP contribution in [0.5, 0.6) is 0 Å². The Morgan fingerprint density at radius 1 is 1.69 bits per heavy atom. The molecule has 0 radical (unpaired) electrons. The SMILES string of the molecule is CCN1CCCC1CNC(=O)CS. The molecule has 1 saturated heterocycles. The molecule has 3 nitrogen and oxygen atoms in total. The van der Waals surface area contributed by atoms with Crippen LogP contribution < -0.4 is 5.32 Å². The van der Waals surface area contributed by atoms with Crippen molar-refractivity contribution in [2.24, 2.45) is 0 Å². The Balaban J connectivity index is 2.23. The summed E-state index contributed by atoms with van der Waals surface area (Å²) in [6, 6.07) is 0.550. The standard InChI is InChI=1S/C9H18N2OS/c1-2-11-5-3-4-8(11)6-10-9(12)7-13/h8,13H,2-7H2,1H3,(H,10,12).